The number of amides is 1. The number of aromatic nitrogens is 1. The van der Waals surface area contributed by atoms with Crippen molar-refractivity contribution < 1.29 is 27.6 Å². The number of nitrogens with zero attached hydrogens (tertiary/aromatic N) is 2. The fraction of sp³-hybridized carbons (Fsp3) is 0.500. The van der Waals surface area contributed by atoms with Crippen LogP contribution in [0, 0.1) is 0 Å². The number of carboxylic acid groups (broad SMARTS) is 1. The number of hydrogen-bond acceptors (Lipinski definition) is 6. The van der Waals surface area contributed by atoms with Crippen molar-refractivity contribution in [3.63, 3.8) is 0 Å². The fourth-order valence-electron chi connectivity index (χ4n) is 1.78. The molecule has 1 saturated heterocycles. The molecule has 0 radical (unpaired) electrons. The second-order valence-corrected chi connectivity index (χ2v) is 6.48. The van der Waals surface area contributed by atoms with E-state index in [9.17, 15) is 18.0 Å². The highest BCUT2D eigenvalue weighted by Crippen LogP contribution is 2.11. The molecule has 2 rings (SSSR count). The van der Waals surface area contributed by atoms with E-state index in [0.29, 0.717) is 13.0 Å². The van der Waals surface area contributed by atoms with Gasteiger partial charge < -0.3 is 14.5 Å². The minimum atomic E-state index is -3.11. The van der Waals surface area contributed by atoms with Gasteiger partial charge in [-0.25, -0.2) is 13.2 Å². The summed E-state index contributed by atoms with van der Waals surface area (Å²) in [5.41, 5.74) is -0.128. The van der Waals surface area contributed by atoms with Crippen LogP contribution in [0.4, 0.5) is 0 Å². The smallest absolute Gasteiger partial charge is 0.374 e. The van der Waals surface area contributed by atoms with E-state index in [4.69, 9.17) is 5.11 Å². The lowest BCUT2D eigenvalue weighted by Gasteiger charge is -2.17. The van der Waals surface area contributed by atoms with Crippen molar-refractivity contribution >= 4 is 21.7 Å². The molecule has 1 aliphatic heterocycles. The normalized spacial score (nSPS) is 18.8. The highest BCUT2D eigenvalue weighted by Gasteiger charge is 2.26. The minimum Gasteiger partial charge on any atom is -0.475 e. The third-order valence-corrected chi connectivity index (χ3v) is 4.50. The Morgan fingerprint density at radius 1 is 1.32 bits per heavy atom. The van der Waals surface area contributed by atoms with Gasteiger partial charge in [0.05, 0.1) is 11.5 Å². The number of carboxylic acids is 1. The van der Waals surface area contributed by atoms with E-state index in [1.165, 1.54) is 4.90 Å². The summed E-state index contributed by atoms with van der Waals surface area (Å²) < 4.78 is 27.3. The predicted octanol–water partition coefficient (Wildman–Crippen LogP) is -0.367. The Morgan fingerprint density at radius 2 is 2.05 bits per heavy atom. The van der Waals surface area contributed by atoms with Crippen LogP contribution in [0.2, 0.25) is 0 Å². The second kappa shape index (κ2) is 5.00. The summed E-state index contributed by atoms with van der Waals surface area (Å²) in [4.78, 5) is 24.0. The van der Waals surface area contributed by atoms with Gasteiger partial charge in [-0.15, -0.1) is 0 Å². The first kappa shape index (κ1) is 13.5. The van der Waals surface area contributed by atoms with Crippen molar-refractivity contribution in [2.45, 2.75) is 6.42 Å². The van der Waals surface area contributed by atoms with Gasteiger partial charge in [-0.2, -0.15) is 0 Å². The van der Waals surface area contributed by atoms with Crippen LogP contribution in [0.3, 0.4) is 0 Å². The lowest BCUT2D eigenvalue weighted by molar-refractivity contribution is 0.0649. The number of sulfone groups is 1. The molecule has 1 aromatic rings. The molecule has 8 nitrogen and oxygen atoms in total. The number of hydrogen-bond donors (Lipinski definition) is 1. The fourth-order valence-corrected chi connectivity index (χ4v) is 3.05. The first-order valence-electron chi connectivity index (χ1n) is 5.59. The molecule has 104 valence electrons. The van der Waals surface area contributed by atoms with Gasteiger partial charge in [-0.05, 0) is 6.42 Å². The maximum atomic E-state index is 12.0. The van der Waals surface area contributed by atoms with E-state index in [-0.39, 0.29) is 23.7 Å². The van der Waals surface area contributed by atoms with Crippen LogP contribution < -0.4 is 0 Å². The third kappa shape index (κ3) is 3.11. The van der Waals surface area contributed by atoms with Crippen LogP contribution in [0.15, 0.2) is 10.6 Å². The highest BCUT2D eigenvalue weighted by molar-refractivity contribution is 7.91. The van der Waals surface area contributed by atoms with Crippen molar-refractivity contribution in [2.75, 3.05) is 24.6 Å². The zero-order chi connectivity index (χ0) is 14.0. The number of carbonyl (C=O) groups is 2. The van der Waals surface area contributed by atoms with Crippen LogP contribution >= 0.6 is 0 Å². The second-order valence-electron chi connectivity index (χ2n) is 4.18. The van der Waals surface area contributed by atoms with Crippen LogP contribution in [0.5, 0.6) is 0 Å². The quantitative estimate of drug-likeness (QED) is 0.789. The maximum Gasteiger partial charge on any atom is 0.374 e. The predicted molar refractivity (Wildman–Crippen MR) is 62.6 cm³/mol. The Morgan fingerprint density at radius 3 is 2.68 bits per heavy atom. The molecular formula is C10H12N2O6S. The zero-order valence-corrected chi connectivity index (χ0v) is 10.7. The van der Waals surface area contributed by atoms with E-state index in [0.717, 1.165) is 6.07 Å². The molecule has 19 heavy (non-hydrogen) atoms. The first-order chi connectivity index (χ1) is 8.89. The van der Waals surface area contributed by atoms with Crippen LogP contribution in [-0.4, -0.2) is 60.1 Å². The van der Waals surface area contributed by atoms with Gasteiger partial charge in [-0.3, -0.25) is 4.79 Å². The lowest BCUT2D eigenvalue weighted by atomic mass is 10.3. The molecule has 0 bridgehead atoms. The van der Waals surface area contributed by atoms with Crippen molar-refractivity contribution in [3.8, 4) is 0 Å². The molecule has 9 heteroatoms. The standard InChI is InChI=1S/C10H12N2O6S/c13-9(7-6-8(10(14)15)18-11-7)12-2-1-4-19(16,17)5-3-12/h6H,1-5H2,(H,14,15). The topological polar surface area (TPSA) is 118 Å². The minimum absolute atomic E-state index is 0.0516. The zero-order valence-electron chi connectivity index (χ0n) is 9.90. The Labute approximate surface area is 108 Å². The van der Waals surface area contributed by atoms with Gasteiger partial charge in [0.1, 0.15) is 0 Å². The largest absolute Gasteiger partial charge is 0.475 e. The van der Waals surface area contributed by atoms with E-state index in [1.807, 2.05) is 0 Å². The van der Waals surface area contributed by atoms with Crippen LogP contribution in [0.1, 0.15) is 27.5 Å². The number of rotatable bonds is 2. The molecule has 2 heterocycles. The Hall–Kier alpha value is -1.90. The Kier molecular flexibility index (Phi) is 3.56. The van der Waals surface area contributed by atoms with Gasteiger partial charge in [0, 0.05) is 19.2 Å². The summed E-state index contributed by atoms with van der Waals surface area (Å²) in [6.07, 6.45) is 0.359. The van der Waals surface area contributed by atoms with Gasteiger partial charge in [0.15, 0.2) is 15.5 Å². The van der Waals surface area contributed by atoms with Crippen LogP contribution in [-0.2, 0) is 9.84 Å². The molecule has 0 saturated carbocycles. The summed E-state index contributed by atoms with van der Waals surface area (Å²) in [5, 5.41) is 12.0. The Bertz CT molecular complexity index is 605. The molecule has 0 aromatic carbocycles. The van der Waals surface area contributed by atoms with Gasteiger partial charge >= 0.3 is 5.97 Å². The van der Waals surface area contributed by atoms with E-state index < -0.39 is 27.5 Å². The summed E-state index contributed by atoms with van der Waals surface area (Å²) in [6, 6.07) is 1.03. The summed E-state index contributed by atoms with van der Waals surface area (Å²) in [7, 11) is -3.11. The third-order valence-electron chi connectivity index (χ3n) is 2.78. The molecule has 1 fully saturated rings. The highest BCUT2D eigenvalue weighted by atomic mass is 32.2. The molecule has 0 spiro atoms. The van der Waals surface area contributed by atoms with E-state index >= 15 is 0 Å². The average Bonchev–Trinajstić information content (AvgIpc) is 2.75. The van der Waals surface area contributed by atoms with E-state index in [2.05, 4.69) is 9.68 Å². The monoisotopic (exact) mass is 288 g/mol. The van der Waals surface area contributed by atoms with Crippen molar-refractivity contribution in [1.82, 2.24) is 10.1 Å². The van der Waals surface area contributed by atoms with Gasteiger partial charge in [0.2, 0.25) is 5.76 Å². The SMILES string of the molecule is O=C(O)c1cc(C(=O)N2CCCS(=O)(=O)CC2)no1. The molecular weight excluding hydrogens is 276 g/mol. The summed E-state index contributed by atoms with van der Waals surface area (Å²) in [5.74, 6) is -2.30. The first-order valence-corrected chi connectivity index (χ1v) is 7.41. The Balaban J connectivity index is 2.12. The molecule has 0 unspecified atom stereocenters. The van der Waals surface area contributed by atoms with E-state index in [1.54, 1.807) is 0 Å². The molecule has 1 aromatic heterocycles. The van der Waals surface area contributed by atoms with Crippen molar-refractivity contribution in [2.24, 2.45) is 0 Å². The van der Waals surface area contributed by atoms with Crippen molar-refractivity contribution in [3.05, 3.63) is 17.5 Å². The molecule has 1 amide bonds. The van der Waals surface area contributed by atoms with Crippen molar-refractivity contribution in [1.29, 1.82) is 0 Å². The maximum absolute atomic E-state index is 12.0. The average molecular weight is 288 g/mol. The van der Waals surface area contributed by atoms with Gasteiger partial charge in [-0.1, -0.05) is 5.16 Å². The van der Waals surface area contributed by atoms with Gasteiger partial charge in [0.25, 0.3) is 5.91 Å². The van der Waals surface area contributed by atoms with Crippen LogP contribution in [0.25, 0.3) is 0 Å². The lowest BCUT2D eigenvalue weighted by Crippen LogP contribution is -2.33. The molecule has 0 atom stereocenters. The molecule has 0 aliphatic carbocycles. The summed E-state index contributed by atoms with van der Waals surface area (Å²) >= 11 is 0. The molecule has 1 aliphatic rings. The summed E-state index contributed by atoms with van der Waals surface area (Å²) in [6.45, 7) is 0.379. The number of aromatic carboxylic acids is 1. The molecule has 1 N–H and O–H groups in total. The number of carbonyl (C=O) groups excluding carboxylic acids is 1.